The lowest BCUT2D eigenvalue weighted by Gasteiger charge is -2.18. The average molecular weight is 287 g/mol. The summed E-state index contributed by atoms with van der Waals surface area (Å²) >= 11 is 7.33. The Bertz CT molecular complexity index is 453. The molecule has 1 aliphatic rings. The van der Waals surface area contributed by atoms with E-state index < -0.39 is 0 Å². The van der Waals surface area contributed by atoms with E-state index >= 15 is 0 Å². The van der Waals surface area contributed by atoms with Crippen molar-refractivity contribution < 1.29 is 4.79 Å². The number of nitrogens with one attached hydrogen (secondary N) is 1. The lowest BCUT2D eigenvalue weighted by Crippen LogP contribution is -2.36. The molecule has 1 aromatic rings. The Morgan fingerprint density at radius 3 is 2.94 bits per heavy atom. The minimum absolute atomic E-state index is 0.0143. The smallest absolute Gasteiger partial charge is 0.239 e. The van der Waals surface area contributed by atoms with Crippen molar-refractivity contribution in [3.63, 3.8) is 0 Å². The van der Waals surface area contributed by atoms with Crippen molar-refractivity contribution in [1.82, 2.24) is 15.3 Å². The van der Waals surface area contributed by atoms with Crippen LogP contribution in [0, 0.1) is 0 Å². The zero-order valence-electron chi connectivity index (χ0n) is 10.3. The largest absolute Gasteiger partial charge is 0.352 e. The second-order valence-corrected chi connectivity index (χ2v) is 5.39. The standard InChI is InChI=1S/C11H15ClN4OS/c1-16(6-10(17)13-7-3-4-7)9-5-8(12)14-11(15-9)18-2/h5,7H,3-4,6H2,1-2H3,(H,13,17). The molecule has 0 bridgehead atoms. The number of carbonyl (C=O) groups is 1. The first-order chi connectivity index (χ1) is 8.58. The van der Waals surface area contributed by atoms with E-state index in [1.807, 2.05) is 13.3 Å². The maximum Gasteiger partial charge on any atom is 0.239 e. The quantitative estimate of drug-likeness (QED) is 0.506. The summed E-state index contributed by atoms with van der Waals surface area (Å²) in [6, 6.07) is 2.03. The molecule has 18 heavy (non-hydrogen) atoms. The van der Waals surface area contributed by atoms with Crippen LogP contribution in [0.15, 0.2) is 11.2 Å². The lowest BCUT2D eigenvalue weighted by atomic mass is 10.4. The summed E-state index contributed by atoms with van der Waals surface area (Å²) in [4.78, 5) is 21.8. The van der Waals surface area contributed by atoms with Crippen molar-refractivity contribution in [1.29, 1.82) is 0 Å². The van der Waals surface area contributed by atoms with Crippen LogP contribution < -0.4 is 10.2 Å². The van der Waals surface area contributed by atoms with E-state index in [0.29, 0.717) is 22.2 Å². The molecular weight excluding hydrogens is 272 g/mol. The van der Waals surface area contributed by atoms with Crippen molar-refractivity contribution in [2.24, 2.45) is 0 Å². The highest BCUT2D eigenvalue weighted by Gasteiger charge is 2.23. The third-order valence-electron chi connectivity index (χ3n) is 2.56. The number of thioether (sulfide) groups is 1. The minimum atomic E-state index is 0.0143. The van der Waals surface area contributed by atoms with E-state index in [1.54, 1.807) is 11.0 Å². The van der Waals surface area contributed by atoms with E-state index in [9.17, 15) is 4.79 Å². The fourth-order valence-corrected chi connectivity index (χ4v) is 2.07. The van der Waals surface area contributed by atoms with Gasteiger partial charge in [-0.1, -0.05) is 23.4 Å². The summed E-state index contributed by atoms with van der Waals surface area (Å²) in [5, 5.41) is 3.93. The fourth-order valence-electron chi connectivity index (χ4n) is 1.47. The number of anilines is 1. The van der Waals surface area contributed by atoms with Crippen LogP contribution in [0.2, 0.25) is 5.15 Å². The predicted molar refractivity (Wildman–Crippen MR) is 73.3 cm³/mol. The van der Waals surface area contributed by atoms with Gasteiger partial charge in [0.15, 0.2) is 5.16 Å². The summed E-state index contributed by atoms with van der Waals surface area (Å²) in [5.41, 5.74) is 0. The fraction of sp³-hybridized carbons (Fsp3) is 0.545. The number of halogens is 1. The van der Waals surface area contributed by atoms with Gasteiger partial charge in [0.1, 0.15) is 11.0 Å². The van der Waals surface area contributed by atoms with Crippen LogP contribution in [-0.4, -0.2) is 41.8 Å². The summed E-state index contributed by atoms with van der Waals surface area (Å²) in [7, 11) is 1.81. The molecule has 1 heterocycles. The Labute approximate surface area is 115 Å². The molecule has 0 radical (unpaired) electrons. The molecule has 5 nitrogen and oxygen atoms in total. The van der Waals surface area contributed by atoms with E-state index in [2.05, 4.69) is 15.3 Å². The molecule has 0 aromatic carbocycles. The predicted octanol–water partition coefficient (Wildman–Crippen LogP) is 1.57. The van der Waals surface area contributed by atoms with Crippen LogP contribution in [0.3, 0.4) is 0 Å². The number of aromatic nitrogens is 2. The van der Waals surface area contributed by atoms with Crippen LogP contribution in [-0.2, 0) is 4.79 Å². The van der Waals surface area contributed by atoms with Crippen molar-refractivity contribution >= 4 is 35.1 Å². The Kier molecular flexibility index (Phi) is 4.29. The minimum Gasteiger partial charge on any atom is -0.352 e. The molecule has 98 valence electrons. The molecule has 0 saturated heterocycles. The molecule has 0 atom stereocenters. The molecule has 0 spiro atoms. The molecule has 7 heteroatoms. The molecule has 1 amide bonds. The van der Waals surface area contributed by atoms with Gasteiger partial charge in [-0.2, -0.15) is 0 Å². The Morgan fingerprint density at radius 2 is 2.33 bits per heavy atom. The van der Waals surface area contributed by atoms with E-state index in [-0.39, 0.29) is 12.5 Å². The van der Waals surface area contributed by atoms with Crippen molar-refractivity contribution in [3.8, 4) is 0 Å². The zero-order chi connectivity index (χ0) is 13.1. The van der Waals surface area contributed by atoms with E-state index in [0.717, 1.165) is 12.8 Å². The summed E-state index contributed by atoms with van der Waals surface area (Å²) in [6.07, 6.45) is 4.06. The Morgan fingerprint density at radius 1 is 1.61 bits per heavy atom. The number of amides is 1. The van der Waals surface area contributed by atoms with Gasteiger partial charge in [0.05, 0.1) is 6.54 Å². The summed E-state index contributed by atoms with van der Waals surface area (Å²) in [6.45, 7) is 0.275. The normalized spacial score (nSPS) is 14.4. The Hall–Kier alpha value is -1.01. The maximum atomic E-state index is 11.7. The molecule has 0 aliphatic heterocycles. The van der Waals surface area contributed by atoms with Gasteiger partial charge in [-0.3, -0.25) is 4.79 Å². The number of likely N-dealkylation sites (N-methyl/N-ethyl adjacent to an activating group) is 1. The number of rotatable bonds is 5. The van der Waals surface area contributed by atoms with E-state index in [4.69, 9.17) is 11.6 Å². The zero-order valence-corrected chi connectivity index (χ0v) is 11.9. The molecular formula is C11H15ClN4OS. The van der Waals surface area contributed by atoms with Gasteiger partial charge in [0.25, 0.3) is 0 Å². The first kappa shape index (κ1) is 13.4. The second kappa shape index (κ2) is 5.75. The number of nitrogens with zero attached hydrogens (tertiary/aromatic N) is 3. The molecule has 0 unspecified atom stereocenters. The molecule has 1 aromatic heterocycles. The highest BCUT2D eigenvalue weighted by atomic mass is 35.5. The second-order valence-electron chi connectivity index (χ2n) is 4.23. The maximum absolute atomic E-state index is 11.7. The average Bonchev–Trinajstić information content (AvgIpc) is 3.11. The number of hydrogen-bond donors (Lipinski definition) is 1. The van der Waals surface area contributed by atoms with Gasteiger partial charge in [-0.25, -0.2) is 9.97 Å². The van der Waals surface area contributed by atoms with Crippen molar-refractivity contribution in [2.75, 3.05) is 24.7 Å². The van der Waals surface area contributed by atoms with Crippen LogP contribution in [0.5, 0.6) is 0 Å². The van der Waals surface area contributed by atoms with Gasteiger partial charge < -0.3 is 10.2 Å². The van der Waals surface area contributed by atoms with Crippen LogP contribution in [0.1, 0.15) is 12.8 Å². The van der Waals surface area contributed by atoms with Gasteiger partial charge in [-0.15, -0.1) is 0 Å². The Balaban J connectivity index is 2.00. The molecule has 1 aliphatic carbocycles. The van der Waals surface area contributed by atoms with Gasteiger partial charge in [-0.05, 0) is 19.1 Å². The van der Waals surface area contributed by atoms with Crippen LogP contribution in [0.4, 0.5) is 5.82 Å². The molecule has 1 N–H and O–H groups in total. The summed E-state index contributed by atoms with van der Waals surface area (Å²) in [5.74, 6) is 0.672. The van der Waals surface area contributed by atoms with E-state index in [1.165, 1.54) is 11.8 Å². The number of hydrogen-bond acceptors (Lipinski definition) is 5. The van der Waals surface area contributed by atoms with Crippen molar-refractivity contribution in [2.45, 2.75) is 24.0 Å². The van der Waals surface area contributed by atoms with Gasteiger partial charge >= 0.3 is 0 Å². The third-order valence-corrected chi connectivity index (χ3v) is 3.30. The lowest BCUT2D eigenvalue weighted by molar-refractivity contribution is -0.119. The van der Waals surface area contributed by atoms with Crippen LogP contribution in [0.25, 0.3) is 0 Å². The number of carbonyl (C=O) groups excluding carboxylic acids is 1. The highest BCUT2D eigenvalue weighted by Crippen LogP contribution is 2.20. The highest BCUT2D eigenvalue weighted by molar-refractivity contribution is 7.98. The molecule has 2 rings (SSSR count). The third kappa shape index (κ3) is 3.74. The monoisotopic (exact) mass is 286 g/mol. The summed E-state index contributed by atoms with van der Waals surface area (Å²) < 4.78 is 0. The topological polar surface area (TPSA) is 58.1 Å². The SMILES string of the molecule is CSc1nc(Cl)cc(N(C)CC(=O)NC2CC2)n1. The van der Waals surface area contributed by atoms with Crippen molar-refractivity contribution in [3.05, 3.63) is 11.2 Å². The molecule has 1 fully saturated rings. The first-order valence-electron chi connectivity index (χ1n) is 5.67. The van der Waals surface area contributed by atoms with Crippen LogP contribution >= 0.6 is 23.4 Å². The van der Waals surface area contributed by atoms with Gasteiger partial charge in [0.2, 0.25) is 5.91 Å². The van der Waals surface area contributed by atoms with Gasteiger partial charge in [0, 0.05) is 19.2 Å². The molecule has 1 saturated carbocycles. The first-order valence-corrected chi connectivity index (χ1v) is 7.28.